The van der Waals surface area contributed by atoms with Gasteiger partial charge in [-0.3, -0.25) is 4.68 Å². The summed E-state index contributed by atoms with van der Waals surface area (Å²) in [6.45, 7) is 3.89. The smallest absolute Gasteiger partial charge is 0.211 e. The third kappa shape index (κ3) is 3.80. The lowest BCUT2D eigenvalue weighted by molar-refractivity contribution is 0.284. The SMILES string of the molecule is Cc1nn(C)c(N(C)C)c1CN[C@@H]1CCCN(S(C)(=O)=O)C1. The highest BCUT2D eigenvalue weighted by Gasteiger charge is 2.26. The second kappa shape index (κ2) is 6.55. The molecule has 1 N–H and O–H groups in total. The van der Waals surface area contributed by atoms with Gasteiger partial charge in [-0.25, -0.2) is 12.7 Å². The maximum Gasteiger partial charge on any atom is 0.211 e. The van der Waals surface area contributed by atoms with E-state index in [2.05, 4.69) is 15.3 Å². The minimum absolute atomic E-state index is 0.193. The van der Waals surface area contributed by atoms with Crippen LogP contribution in [-0.4, -0.2) is 62.0 Å². The van der Waals surface area contributed by atoms with Crippen LogP contribution >= 0.6 is 0 Å². The van der Waals surface area contributed by atoms with Crippen molar-refractivity contribution in [1.29, 1.82) is 0 Å². The van der Waals surface area contributed by atoms with Gasteiger partial charge in [-0.05, 0) is 19.8 Å². The largest absolute Gasteiger partial charge is 0.363 e. The summed E-state index contributed by atoms with van der Waals surface area (Å²) < 4.78 is 26.8. The van der Waals surface area contributed by atoms with Crippen molar-refractivity contribution in [3.05, 3.63) is 11.3 Å². The molecule has 1 atom stereocenters. The molecule has 2 heterocycles. The summed E-state index contributed by atoms with van der Waals surface area (Å²) in [4.78, 5) is 2.06. The number of sulfonamides is 1. The van der Waals surface area contributed by atoms with Crippen LogP contribution in [0.4, 0.5) is 5.82 Å². The van der Waals surface area contributed by atoms with Crippen LogP contribution in [0, 0.1) is 6.92 Å². The van der Waals surface area contributed by atoms with E-state index in [1.807, 2.05) is 32.7 Å². The molecular formula is C14H27N5O2S. The Balaban J connectivity index is 2.04. The molecule has 22 heavy (non-hydrogen) atoms. The topological polar surface area (TPSA) is 70.5 Å². The first kappa shape index (κ1) is 17.2. The van der Waals surface area contributed by atoms with E-state index in [0.717, 1.165) is 24.4 Å². The van der Waals surface area contributed by atoms with Gasteiger partial charge in [0.05, 0.1) is 11.9 Å². The van der Waals surface area contributed by atoms with Crippen molar-refractivity contribution in [3.63, 3.8) is 0 Å². The van der Waals surface area contributed by atoms with E-state index in [9.17, 15) is 8.42 Å². The Bertz CT molecular complexity index is 623. The fraction of sp³-hybridized carbons (Fsp3) is 0.786. The first-order chi connectivity index (χ1) is 10.2. The summed E-state index contributed by atoms with van der Waals surface area (Å²) in [6, 6.07) is 0.193. The Morgan fingerprint density at radius 3 is 2.68 bits per heavy atom. The molecule has 0 amide bonds. The van der Waals surface area contributed by atoms with Crippen LogP contribution in [0.1, 0.15) is 24.1 Å². The Kier molecular flexibility index (Phi) is 5.14. The van der Waals surface area contributed by atoms with Gasteiger partial charge in [0.1, 0.15) is 5.82 Å². The van der Waals surface area contributed by atoms with E-state index >= 15 is 0 Å². The van der Waals surface area contributed by atoms with E-state index in [1.165, 1.54) is 11.8 Å². The molecule has 8 heteroatoms. The van der Waals surface area contributed by atoms with Gasteiger partial charge in [0, 0.05) is 52.4 Å². The van der Waals surface area contributed by atoms with Gasteiger partial charge in [0.2, 0.25) is 10.0 Å². The second-order valence-corrected chi connectivity index (χ2v) is 8.23. The maximum atomic E-state index is 11.7. The molecule has 1 aliphatic rings. The van der Waals surface area contributed by atoms with E-state index in [4.69, 9.17) is 0 Å². The molecular weight excluding hydrogens is 302 g/mol. The number of hydrogen-bond acceptors (Lipinski definition) is 5. The number of hydrogen-bond donors (Lipinski definition) is 1. The van der Waals surface area contributed by atoms with Gasteiger partial charge in [-0.2, -0.15) is 5.10 Å². The van der Waals surface area contributed by atoms with Crippen molar-refractivity contribution < 1.29 is 8.42 Å². The summed E-state index contributed by atoms with van der Waals surface area (Å²) in [5, 5.41) is 7.98. The zero-order chi connectivity index (χ0) is 16.5. The molecule has 126 valence electrons. The van der Waals surface area contributed by atoms with Crippen molar-refractivity contribution in [3.8, 4) is 0 Å². The minimum Gasteiger partial charge on any atom is -0.363 e. The molecule has 0 spiro atoms. The summed E-state index contributed by atoms with van der Waals surface area (Å²) in [6.07, 6.45) is 3.19. The molecule has 1 aromatic rings. The molecule has 0 radical (unpaired) electrons. The van der Waals surface area contributed by atoms with Crippen LogP contribution < -0.4 is 10.2 Å². The third-order valence-corrected chi connectivity index (χ3v) is 5.43. The summed E-state index contributed by atoms with van der Waals surface area (Å²) in [7, 11) is 2.86. The van der Waals surface area contributed by atoms with E-state index < -0.39 is 10.0 Å². The Morgan fingerprint density at radius 2 is 2.09 bits per heavy atom. The number of aromatic nitrogens is 2. The first-order valence-corrected chi connectivity index (χ1v) is 9.43. The number of anilines is 1. The lowest BCUT2D eigenvalue weighted by Crippen LogP contribution is -2.47. The van der Waals surface area contributed by atoms with Crippen LogP contribution in [0.3, 0.4) is 0 Å². The van der Waals surface area contributed by atoms with Crippen molar-refractivity contribution in [1.82, 2.24) is 19.4 Å². The van der Waals surface area contributed by atoms with E-state index in [0.29, 0.717) is 19.6 Å². The average Bonchev–Trinajstić information content (AvgIpc) is 2.70. The fourth-order valence-electron chi connectivity index (χ4n) is 3.11. The van der Waals surface area contributed by atoms with E-state index in [1.54, 1.807) is 4.31 Å². The maximum absolute atomic E-state index is 11.7. The lowest BCUT2D eigenvalue weighted by atomic mass is 10.1. The molecule has 0 bridgehead atoms. The normalized spacial score (nSPS) is 20.3. The molecule has 1 saturated heterocycles. The Labute approximate surface area is 133 Å². The molecule has 1 fully saturated rings. The standard InChI is InChI=1S/C14H27N5O2S/c1-11-13(14(17(2)3)18(4)16-11)9-15-12-7-6-8-19(10-12)22(5,20)21/h12,15H,6-10H2,1-5H3/t12-/m1/s1. The van der Waals surface area contributed by atoms with Crippen LogP contribution in [0.5, 0.6) is 0 Å². The Hall–Kier alpha value is -1.12. The van der Waals surface area contributed by atoms with Crippen molar-refractivity contribution in [2.24, 2.45) is 7.05 Å². The van der Waals surface area contributed by atoms with Crippen molar-refractivity contribution >= 4 is 15.8 Å². The number of piperidine rings is 1. The average molecular weight is 329 g/mol. The van der Waals surface area contributed by atoms with E-state index in [-0.39, 0.29) is 6.04 Å². The van der Waals surface area contributed by atoms with Gasteiger partial charge < -0.3 is 10.2 Å². The lowest BCUT2D eigenvalue weighted by Gasteiger charge is -2.31. The highest BCUT2D eigenvalue weighted by Crippen LogP contribution is 2.22. The predicted octanol–water partition coefficient (Wildman–Crippen LogP) is 0.308. The molecule has 1 aliphatic heterocycles. The quantitative estimate of drug-likeness (QED) is 0.842. The number of nitrogens with one attached hydrogen (secondary N) is 1. The molecule has 7 nitrogen and oxygen atoms in total. The van der Waals surface area contributed by atoms with Crippen molar-refractivity contribution in [2.45, 2.75) is 32.4 Å². The highest BCUT2D eigenvalue weighted by atomic mass is 32.2. The van der Waals surface area contributed by atoms with Gasteiger partial charge in [-0.15, -0.1) is 0 Å². The van der Waals surface area contributed by atoms with Crippen LogP contribution in [-0.2, 0) is 23.6 Å². The van der Waals surface area contributed by atoms with Gasteiger partial charge in [-0.1, -0.05) is 0 Å². The van der Waals surface area contributed by atoms with Crippen LogP contribution in [0.15, 0.2) is 0 Å². The zero-order valence-corrected chi connectivity index (χ0v) is 14.9. The number of nitrogens with zero attached hydrogens (tertiary/aromatic N) is 4. The molecule has 0 aliphatic carbocycles. The fourth-order valence-corrected chi connectivity index (χ4v) is 4.02. The molecule has 2 rings (SSSR count). The molecule has 0 unspecified atom stereocenters. The van der Waals surface area contributed by atoms with Gasteiger partial charge in [0.15, 0.2) is 0 Å². The monoisotopic (exact) mass is 329 g/mol. The number of rotatable bonds is 5. The van der Waals surface area contributed by atoms with Crippen LogP contribution in [0.25, 0.3) is 0 Å². The summed E-state index contributed by atoms with van der Waals surface area (Å²) in [5.41, 5.74) is 2.18. The minimum atomic E-state index is -3.10. The van der Waals surface area contributed by atoms with Gasteiger partial charge in [0.25, 0.3) is 0 Å². The molecule has 1 aromatic heterocycles. The molecule has 0 saturated carbocycles. The second-order valence-electron chi connectivity index (χ2n) is 6.25. The predicted molar refractivity (Wildman–Crippen MR) is 88.6 cm³/mol. The zero-order valence-electron chi connectivity index (χ0n) is 14.1. The van der Waals surface area contributed by atoms with Crippen molar-refractivity contribution in [2.75, 3.05) is 38.3 Å². The Morgan fingerprint density at radius 1 is 1.41 bits per heavy atom. The number of aryl methyl sites for hydroxylation is 2. The third-order valence-electron chi connectivity index (χ3n) is 4.16. The summed E-state index contributed by atoms with van der Waals surface area (Å²) in [5.74, 6) is 1.08. The molecule has 0 aromatic carbocycles. The van der Waals surface area contributed by atoms with Crippen LogP contribution in [0.2, 0.25) is 0 Å². The summed E-state index contributed by atoms with van der Waals surface area (Å²) >= 11 is 0. The van der Waals surface area contributed by atoms with Gasteiger partial charge >= 0.3 is 0 Å². The highest BCUT2D eigenvalue weighted by molar-refractivity contribution is 7.88. The first-order valence-electron chi connectivity index (χ1n) is 7.58.